The highest BCUT2D eigenvalue weighted by Gasteiger charge is 2.17. The van der Waals surface area contributed by atoms with Crippen LogP contribution in [0.15, 0.2) is 60.1 Å². The van der Waals surface area contributed by atoms with Crippen molar-refractivity contribution in [2.45, 2.75) is 25.7 Å². The van der Waals surface area contributed by atoms with Gasteiger partial charge in [0.15, 0.2) is 0 Å². The average Bonchev–Trinajstić information content (AvgIpc) is 3.26. The molecule has 4 aromatic rings. The van der Waals surface area contributed by atoms with Crippen LogP contribution in [-0.2, 0) is 19.4 Å². The fourth-order valence-corrected chi connectivity index (χ4v) is 4.88. The molecule has 0 saturated heterocycles. The lowest BCUT2D eigenvalue weighted by Gasteiger charge is -2.14. The van der Waals surface area contributed by atoms with E-state index in [1.165, 1.54) is 22.5 Å². The third-order valence-electron chi connectivity index (χ3n) is 5.38. The number of aliphatic hydroxyl groups excluding tert-OH is 2. The highest BCUT2D eigenvalue weighted by atomic mass is 35.5. The zero-order valence-electron chi connectivity index (χ0n) is 18.0. The second kappa shape index (κ2) is 11.0. The minimum Gasteiger partial charge on any atom is -0.489 e. The summed E-state index contributed by atoms with van der Waals surface area (Å²) in [7, 11) is 0. The largest absolute Gasteiger partial charge is 0.489 e. The summed E-state index contributed by atoms with van der Waals surface area (Å²) < 4.78 is 6.94. The maximum Gasteiger partial charge on any atom is 0.134 e. The molecule has 2 heterocycles. The predicted octanol–water partition coefficient (Wildman–Crippen LogP) is 4.47. The van der Waals surface area contributed by atoms with Gasteiger partial charge in [0, 0.05) is 39.0 Å². The number of nitrogens with two attached hydrogens (primary N) is 1. The number of aryl methyl sites for hydroxylation is 2. The molecule has 33 heavy (non-hydrogen) atoms. The van der Waals surface area contributed by atoms with Gasteiger partial charge in [-0.15, -0.1) is 11.3 Å². The van der Waals surface area contributed by atoms with E-state index >= 15 is 0 Å². The number of hydrogen-bond donors (Lipinski definition) is 4. The lowest BCUT2D eigenvalue weighted by molar-refractivity contribution is 0.130. The summed E-state index contributed by atoms with van der Waals surface area (Å²) in [5.74, 6) is 1.19. The molecule has 2 aromatic heterocycles. The summed E-state index contributed by atoms with van der Waals surface area (Å²) >= 11 is 7.45. The van der Waals surface area contributed by atoms with Crippen LogP contribution in [0.5, 0.6) is 5.75 Å². The van der Waals surface area contributed by atoms with E-state index < -0.39 is 6.23 Å². The second-order valence-electron chi connectivity index (χ2n) is 7.71. The van der Waals surface area contributed by atoms with Gasteiger partial charge in [0.2, 0.25) is 0 Å². The van der Waals surface area contributed by atoms with Crippen molar-refractivity contribution in [1.82, 2.24) is 10.3 Å². The van der Waals surface area contributed by atoms with Gasteiger partial charge in [-0.25, -0.2) is 4.98 Å². The van der Waals surface area contributed by atoms with Gasteiger partial charge in [0.25, 0.3) is 0 Å². The quantitative estimate of drug-likeness (QED) is 0.248. The Morgan fingerprint density at radius 1 is 1.12 bits per heavy atom. The number of hydrogen-bond acceptors (Lipinski definition) is 7. The molecule has 0 aliphatic rings. The summed E-state index contributed by atoms with van der Waals surface area (Å²) in [5.41, 5.74) is 10.1. The van der Waals surface area contributed by atoms with Crippen LogP contribution in [-0.4, -0.2) is 28.3 Å². The van der Waals surface area contributed by atoms with Crippen molar-refractivity contribution in [2.24, 2.45) is 0 Å². The number of pyridine rings is 1. The van der Waals surface area contributed by atoms with Crippen LogP contribution in [0, 0.1) is 0 Å². The summed E-state index contributed by atoms with van der Waals surface area (Å²) in [6.45, 7) is 0.559. The number of thiophene rings is 1. The van der Waals surface area contributed by atoms with Gasteiger partial charge in [-0.1, -0.05) is 35.9 Å². The molecule has 0 aliphatic heterocycles. The smallest absolute Gasteiger partial charge is 0.134 e. The van der Waals surface area contributed by atoms with Gasteiger partial charge < -0.3 is 20.7 Å². The third-order valence-corrected chi connectivity index (χ3v) is 6.71. The van der Waals surface area contributed by atoms with E-state index in [0.29, 0.717) is 18.0 Å². The SMILES string of the molecule is Nc1ncc(C(O)NCCO)c2scc(COc3cccc(CCc4ccc(Cl)cc4)c3)c12. The van der Waals surface area contributed by atoms with Crippen LogP contribution >= 0.6 is 22.9 Å². The van der Waals surface area contributed by atoms with E-state index in [2.05, 4.69) is 22.4 Å². The van der Waals surface area contributed by atoms with E-state index in [0.717, 1.165) is 39.3 Å². The Labute approximate surface area is 201 Å². The summed E-state index contributed by atoms with van der Waals surface area (Å²) in [6.07, 6.45) is 2.46. The molecule has 4 rings (SSSR count). The number of aromatic nitrogens is 1. The van der Waals surface area contributed by atoms with Crippen molar-refractivity contribution in [3.05, 3.63) is 87.4 Å². The maximum absolute atomic E-state index is 10.4. The van der Waals surface area contributed by atoms with Gasteiger partial charge in [-0.05, 0) is 53.6 Å². The van der Waals surface area contributed by atoms with Gasteiger partial charge >= 0.3 is 0 Å². The Morgan fingerprint density at radius 2 is 1.91 bits per heavy atom. The number of aliphatic hydroxyl groups is 2. The molecule has 0 radical (unpaired) electrons. The van der Waals surface area contributed by atoms with Crippen molar-refractivity contribution >= 4 is 38.8 Å². The molecule has 6 nitrogen and oxygen atoms in total. The first-order chi connectivity index (χ1) is 16.0. The number of nitrogens with zero attached hydrogens (tertiary/aromatic N) is 1. The molecule has 172 valence electrons. The lowest BCUT2D eigenvalue weighted by Crippen LogP contribution is -2.24. The number of rotatable bonds is 10. The number of fused-ring (bicyclic) bond motifs is 1. The van der Waals surface area contributed by atoms with Crippen molar-refractivity contribution in [2.75, 3.05) is 18.9 Å². The Balaban J connectivity index is 1.45. The van der Waals surface area contributed by atoms with Gasteiger partial charge in [0.05, 0.1) is 6.61 Å². The minimum atomic E-state index is -0.933. The van der Waals surface area contributed by atoms with Crippen molar-refractivity contribution < 1.29 is 14.9 Å². The molecular weight excluding hydrogens is 458 g/mol. The molecule has 8 heteroatoms. The predicted molar refractivity (Wildman–Crippen MR) is 134 cm³/mol. The van der Waals surface area contributed by atoms with Crippen LogP contribution in [0.25, 0.3) is 10.1 Å². The Morgan fingerprint density at radius 3 is 2.70 bits per heavy atom. The molecule has 0 aliphatic carbocycles. The van der Waals surface area contributed by atoms with Gasteiger partial charge in [-0.2, -0.15) is 0 Å². The van der Waals surface area contributed by atoms with Crippen LogP contribution in [0.2, 0.25) is 5.02 Å². The van der Waals surface area contributed by atoms with E-state index in [1.54, 1.807) is 6.20 Å². The van der Waals surface area contributed by atoms with E-state index in [4.69, 9.17) is 27.2 Å². The zero-order valence-corrected chi connectivity index (χ0v) is 19.6. The Kier molecular flexibility index (Phi) is 7.80. The summed E-state index contributed by atoms with van der Waals surface area (Å²) in [4.78, 5) is 4.26. The number of benzene rings is 2. The molecule has 0 spiro atoms. The highest BCUT2D eigenvalue weighted by molar-refractivity contribution is 7.17. The fraction of sp³-hybridized carbons (Fsp3) is 0.240. The Hall–Kier alpha value is -2.68. The van der Waals surface area contributed by atoms with Crippen LogP contribution in [0.3, 0.4) is 0 Å². The Bertz CT molecular complexity index is 1210. The topological polar surface area (TPSA) is 101 Å². The molecule has 1 atom stereocenters. The summed E-state index contributed by atoms with van der Waals surface area (Å²) in [6, 6.07) is 16.0. The van der Waals surface area contributed by atoms with Gasteiger partial charge in [0.1, 0.15) is 24.4 Å². The molecule has 0 amide bonds. The van der Waals surface area contributed by atoms with E-state index in [9.17, 15) is 5.11 Å². The first kappa shape index (κ1) is 23.5. The number of nitrogen functional groups attached to an aromatic ring is 1. The lowest BCUT2D eigenvalue weighted by atomic mass is 10.0. The first-order valence-corrected chi connectivity index (χ1v) is 11.9. The average molecular weight is 484 g/mol. The third kappa shape index (κ3) is 5.82. The monoisotopic (exact) mass is 483 g/mol. The number of anilines is 1. The molecule has 5 N–H and O–H groups in total. The van der Waals surface area contributed by atoms with Crippen LogP contribution in [0.1, 0.15) is 28.5 Å². The van der Waals surface area contributed by atoms with Crippen molar-refractivity contribution in [3.8, 4) is 5.75 Å². The molecule has 0 fully saturated rings. The molecule has 1 unspecified atom stereocenters. The number of nitrogens with one attached hydrogen (secondary N) is 1. The van der Waals surface area contributed by atoms with Crippen LogP contribution in [0.4, 0.5) is 5.82 Å². The molecule has 0 bridgehead atoms. The standard InChI is InChI=1S/C25H26ClN3O3S/c26-19-8-6-16(7-9-19)4-5-17-2-1-3-20(12-17)32-14-18-15-33-23-21(25(31)28-10-11-30)13-29-24(27)22(18)23/h1-3,6-9,12-13,15,25,28,30-31H,4-5,10-11,14H2,(H2,27,29). The normalized spacial score (nSPS) is 12.2. The van der Waals surface area contributed by atoms with Gasteiger partial charge in [-0.3, -0.25) is 5.32 Å². The maximum atomic E-state index is 10.4. The molecular formula is C25H26ClN3O3S. The van der Waals surface area contributed by atoms with Crippen molar-refractivity contribution in [3.63, 3.8) is 0 Å². The van der Waals surface area contributed by atoms with Crippen molar-refractivity contribution in [1.29, 1.82) is 0 Å². The zero-order chi connectivity index (χ0) is 23.2. The first-order valence-electron chi connectivity index (χ1n) is 10.7. The molecule has 2 aromatic carbocycles. The van der Waals surface area contributed by atoms with E-state index in [1.807, 2.05) is 41.8 Å². The fourth-order valence-electron chi connectivity index (χ4n) is 3.65. The molecule has 0 saturated carbocycles. The van der Waals surface area contributed by atoms with E-state index in [-0.39, 0.29) is 13.2 Å². The number of halogens is 1. The summed E-state index contributed by atoms with van der Waals surface area (Å²) in [5, 5.41) is 25.8. The number of ether oxygens (including phenoxy) is 1. The minimum absolute atomic E-state index is 0.0646. The second-order valence-corrected chi connectivity index (χ2v) is 9.02. The van der Waals surface area contributed by atoms with Crippen LogP contribution < -0.4 is 15.8 Å². The highest BCUT2D eigenvalue weighted by Crippen LogP contribution is 2.35.